The van der Waals surface area contributed by atoms with E-state index >= 15 is 0 Å². The molecular formula is C27H28FN3O5. The van der Waals surface area contributed by atoms with Gasteiger partial charge >= 0.3 is 5.97 Å². The Labute approximate surface area is 206 Å². The Morgan fingerprint density at radius 1 is 1.25 bits per heavy atom. The number of aromatic nitrogens is 2. The van der Waals surface area contributed by atoms with Crippen LogP contribution in [0, 0.1) is 12.7 Å². The zero-order chi connectivity index (χ0) is 25.6. The summed E-state index contributed by atoms with van der Waals surface area (Å²) in [5.74, 6) is -1.10. The molecule has 0 spiro atoms. The number of cyclic esters (lactones) is 1. The van der Waals surface area contributed by atoms with Crippen molar-refractivity contribution in [2.75, 3.05) is 13.2 Å². The van der Waals surface area contributed by atoms with Gasteiger partial charge in [-0.1, -0.05) is 6.92 Å². The number of fused-ring (bicyclic) bond motifs is 5. The molecule has 2 aliphatic heterocycles. The molecule has 8 nitrogen and oxygen atoms in total. The molecule has 3 N–H and O–H groups in total. The topological polar surface area (TPSA) is 114 Å². The number of pyridine rings is 2. The molecule has 0 amide bonds. The molecule has 1 aromatic carbocycles. The first-order chi connectivity index (χ1) is 17.1. The van der Waals surface area contributed by atoms with Gasteiger partial charge in [-0.3, -0.25) is 4.79 Å². The fraction of sp³-hybridized carbons (Fsp3) is 0.444. The van der Waals surface area contributed by atoms with Crippen molar-refractivity contribution >= 4 is 16.9 Å². The summed E-state index contributed by atoms with van der Waals surface area (Å²) in [6.45, 7) is 5.93. The van der Waals surface area contributed by atoms with Crippen molar-refractivity contribution in [3.05, 3.63) is 61.7 Å². The molecule has 3 aliphatic rings. The van der Waals surface area contributed by atoms with Crippen LogP contribution < -0.4 is 10.9 Å². The minimum absolute atomic E-state index is 0.0304. The summed E-state index contributed by atoms with van der Waals surface area (Å²) < 4.78 is 21.7. The number of benzene rings is 1. The van der Waals surface area contributed by atoms with E-state index in [1.807, 2.05) is 0 Å². The largest absolute Gasteiger partial charge is 0.458 e. The second-order valence-corrected chi connectivity index (χ2v) is 10.3. The van der Waals surface area contributed by atoms with Gasteiger partial charge in [0, 0.05) is 34.7 Å². The van der Waals surface area contributed by atoms with Crippen LogP contribution in [0.3, 0.4) is 0 Å². The van der Waals surface area contributed by atoms with Gasteiger partial charge in [-0.15, -0.1) is 0 Å². The van der Waals surface area contributed by atoms with E-state index in [9.17, 15) is 24.2 Å². The number of aryl methyl sites for hydroxylation is 1. The molecule has 36 heavy (non-hydrogen) atoms. The summed E-state index contributed by atoms with van der Waals surface area (Å²) in [4.78, 5) is 31.0. The third-order valence-corrected chi connectivity index (χ3v) is 8.36. The fourth-order valence-electron chi connectivity index (χ4n) is 6.32. The Hall–Kier alpha value is -3.14. The van der Waals surface area contributed by atoms with Crippen LogP contribution in [0.4, 0.5) is 4.39 Å². The van der Waals surface area contributed by atoms with E-state index in [1.54, 1.807) is 24.5 Å². The number of hydrogen-bond donors (Lipinski definition) is 3. The Bertz CT molecular complexity index is 1550. The fourth-order valence-corrected chi connectivity index (χ4v) is 6.32. The molecule has 2 atom stereocenters. The van der Waals surface area contributed by atoms with Gasteiger partial charge in [0.2, 0.25) is 0 Å². The summed E-state index contributed by atoms with van der Waals surface area (Å²) in [6, 6.07) is 3.11. The van der Waals surface area contributed by atoms with Crippen LogP contribution >= 0.6 is 0 Å². The number of carbonyl (C=O) groups excluding carboxylic acids is 1. The molecule has 1 unspecified atom stereocenters. The number of aliphatic hydroxyl groups is 2. The average Bonchev–Trinajstić information content (AvgIpc) is 3.23. The Morgan fingerprint density at radius 2 is 2.03 bits per heavy atom. The van der Waals surface area contributed by atoms with Gasteiger partial charge in [-0.2, -0.15) is 0 Å². The molecule has 0 saturated heterocycles. The highest BCUT2D eigenvalue weighted by molar-refractivity contribution is 5.93. The highest BCUT2D eigenvalue weighted by Gasteiger charge is 2.46. The van der Waals surface area contributed by atoms with Crippen LogP contribution in [0.1, 0.15) is 60.1 Å². The predicted molar refractivity (Wildman–Crippen MR) is 130 cm³/mol. The van der Waals surface area contributed by atoms with E-state index in [4.69, 9.17) is 9.72 Å². The van der Waals surface area contributed by atoms with Gasteiger partial charge < -0.3 is 24.8 Å². The molecule has 6 rings (SSSR count). The summed E-state index contributed by atoms with van der Waals surface area (Å²) >= 11 is 0. The van der Waals surface area contributed by atoms with Crippen molar-refractivity contribution < 1.29 is 24.1 Å². The average molecular weight is 494 g/mol. The number of nitrogens with zero attached hydrogens (tertiary/aromatic N) is 2. The minimum atomic E-state index is -1.91. The molecule has 0 bridgehead atoms. The lowest BCUT2D eigenvalue weighted by Gasteiger charge is -2.38. The Balaban J connectivity index is 1.69. The number of halogens is 1. The number of aliphatic hydroxyl groups excluding tert-OH is 1. The van der Waals surface area contributed by atoms with E-state index < -0.39 is 17.1 Å². The van der Waals surface area contributed by atoms with Crippen LogP contribution in [0.15, 0.2) is 16.9 Å². The van der Waals surface area contributed by atoms with E-state index in [0.29, 0.717) is 41.9 Å². The maximum absolute atomic E-state index is 14.9. The van der Waals surface area contributed by atoms with Crippen LogP contribution in [-0.2, 0) is 40.2 Å². The summed E-state index contributed by atoms with van der Waals surface area (Å²) in [5, 5.41) is 25.0. The van der Waals surface area contributed by atoms with Crippen molar-refractivity contribution in [3.8, 4) is 11.4 Å². The SMILES string of the molecule is CC[C@@]1(O)C(=O)OCc2c1cc1n(c2=O)Cc2c-1nc1cc(F)c(C)c3c1c2C(C)(NCCO)CC3. The summed E-state index contributed by atoms with van der Waals surface area (Å²) in [7, 11) is 0. The number of hydrogen-bond acceptors (Lipinski definition) is 7. The van der Waals surface area contributed by atoms with Crippen LogP contribution in [0.2, 0.25) is 0 Å². The molecular weight excluding hydrogens is 465 g/mol. The first kappa shape index (κ1) is 23.3. The number of carbonyl (C=O) groups is 1. The molecule has 2 aromatic heterocycles. The van der Waals surface area contributed by atoms with Crippen LogP contribution in [0.5, 0.6) is 0 Å². The first-order valence-corrected chi connectivity index (χ1v) is 12.3. The van der Waals surface area contributed by atoms with Crippen LogP contribution in [-0.4, -0.2) is 38.9 Å². The van der Waals surface area contributed by atoms with Gasteiger partial charge in [0.05, 0.1) is 35.6 Å². The second-order valence-electron chi connectivity index (χ2n) is 10.3. The van der Waals surface area contributed by atoms with Crippen molar-refractivity contribution in [3.63, 3.8) is 0 Å². The molecule has 0 fully saturated rings. The highest BCUT2D eigenvalue weighted by atomic mass is 19.1. The van der Waals surface area contributed by atoms with E-state index in [-0.39, 0.29) is 48.7 Å². The van der Waals surface area contributed by atoms with Crippen molar-refractivity contribution in [1.82, 2.24) is 14.9 Å². The van der Waals surface area contributed by atoms with E-state index in [0.717, 1.165) is 22.1 Å². The smallest absolute Gasteiger partial charge is 0.343 e. The molecule has 188 valence electrons. The predicted octanol–water partition coefficient (Wildman–Crippen LogP) is 2.27. The number of ether oxygens (including phenoxy) is 1. The van der Waals surface area contributed by atoms with E-state index in [1.165, 1.54) is 6.07 Å². The monoisotopic (exact) mass is 493 g/mol. The van der Waals surface area contributed by atoms with Gasteiger partial charge in [-0.25, -0.2) is 14.2 Å². The molecule has 0 saturated carbocycles. The zero-order valence-electron chi connectivity index (χ0n) is 20.5. The highest BCUT2D eigenvalue weighted by Crippen LogP contribution is 2.47. The summed E-state index contributed by atoms with van der Waals surface area (Å²) in [6.07, 6.45) is 1.41. The number of rotatable bonds is 4. The number of esters is 1. The Morgan fingerprint density at radius 3 is 2.75 bits per heavy atom. The Kier molecular flexibility index (Phi) is 4.96. The third-order valence-electron chi connectivity index (χ3n) is 8.36. The molecule has 3 aromatic rings. The maximum atomic E-state index is 14.9. The minimum Gasteiger partial charge on any atom is -0.458 e. The van der Waals surface area contributed by atoms with Crippen molar-refractivity contribution in [2.24, 2.45) is 0 Å². The maximum Gasteiger partial charge on any atom is 0.343 e. The van der Waals surface area contributed by atoms with E-state index in [2.05, 4.69) is 12.2 Å². The van der Waals surface area contributed by atoms with Crippen molar-refractivity contribution in [2.45, 2.75) is 64.3 Å². The first-order valence-electron chi connectivity index (χ1n) is 12.3. The lowest BCUT2D eigenvalue weighted by molar-refractivity contribution is -0.172. The zero-order valence-corrected chi connectivity index (χ0v) is 20.5. The molecule has 0 radical (unpaired) electrons. The van der Waals surface area contributed by atoms with Gasteiger partial charge in [0.15, 0.2) is 5.60 Å². The molecule has 1 aliphatic carbocycles. The quantitative estimate of drug-likeness (QED) is 0.374. The standard InChI is InChI=1S/C27H28FN3O5/c1-4-27(35)17-9-20-23-15(11-31(20)24(33)16(17)12-36-25(27)34)22-21-14(5-6-26(22,3)29-7-8-32)13(2)18(28)10-19(21)30-23/h9-10,29,32,35H,4-8,11-12H2,1-3H3/t26?,27-/m0/s1. The molecule has 9 heteroatoms. The van der Waals surface area contributed by atoms with Gasteiger partial charge in [-0.05, 0) is 55.9 Å². The lowest BCUT2D eigenvalue weighted by Crippen LogP contribution is -2.44. The second kappa shape index (κ2) is 7.68. The molecule has 4 heterocycles. The van der Waals surface area contributed by atoms with Gasteiger partial charge in [0.25, 0.3) is 5.56 Å². The summed E-state index contributed by atoms with van der Waals surface area (Å²) in [5.41, 5.74) is 2.60. The normalized spacial score (nSPS) is 23.9. The number of nitrogens with one attached hydrogen (secondary N) is 1. The van der Waals surface area contributed by atoms with Crippen LogP contribution in [0.25, 0.3) is 22.3 Å². The third kappa shape index (κ3) is 2.87. The van der Waals surface area contributed by atoms with Crippen molar-refractivity contribution in [1.29, 1.82) is 0 Å². The lowest BCUT2D eigenvalue weighted by atomic mass is 9.74. The van der Waals surface area contributed by atoms with Gasteiger partial charge in [0.1, 0.15) is 12.4 Å².